The van der Waals surface area contributed by atoms with Crippen molar-refractivity contribution in [2.24, 2.45) is 0 Å². The van der Waals surface area contributed by atoms with Crippen molar-refractivity contribution in [3.05, 3.63) is 82.4 Å². The summed E-state index contributed by atoms with van der Waals surface area (Å²) >= 11 is 5.72. The summed E-state index contributed by atoms with van der Waals surface area (Å²) in [5.74, 6) is 0. The van der Waals surface area contributed by atoms with E-state index in [1.54, 1.807) is 0 Å². The van der Waals surface area contributed by atoms with Gasteiger partial charge in [-0.15, -0.1) is 0 Å². The van der Waals surface area contributed by atoms with Crippen molar-refractivity contribution in [2.45, 2.75) is 46.2 Å². The Hall–Kier alpha value is -2.70. The van der Waals surface area contributed by atoms with Gasteiger partial charge in [0.05, 0.1) is 23.5 Å². The van der Waals surface area contributed by atoms with Gasteiger partial charge in [-0.3, -0.25) is 4.98 Å². The molecule has 6 heteroatoms. The van der Waals surface area contributed by atoms with Crippen LogP contribution in [0.2, 0.25) is 0 Å². The van der Waals surface area contributed by atoms with E-state index in [-0.39, 0.29) is 18.7 Å². The summed E-state index contributed by atoms with van der Waals surface area (Å²) in [7, 11) is 0. The molecule has 162 valence electrons. The molecule has 0 aliphatic carbocycles. The Bertz CT molecular complexity index is 1070. The first-order valence-electron chi connectivity index (χ1n) is 10.8. The van der Waals surface area contributed by atoms with Gasteiger partial charge in [0.25, 0.3) is 0 Å². The highest BCUT2D eigenvalue weighted by molar-refractivity contribution is 7.80. The molecule has 4 rings (SSSR count). The highest BCUT2D eigenvalue weighted by atomic mass is 32.1. The first kappa shape index (κ1) is 21.5. The Morgan fingerprint density at radius 2 is 1.81 bits per heavy atom. The standard InChI is InChI=1S/C25H30N4OS/c1-16-9-7-10-17(2)23(16)29-18(3)15-20(19(29)4)24-22(21-11-5-6-12-26-21)27-25(31)28(24)13-8-14-30/h5-7,9-12,15,22,24,30H,8,13-14H2,1-4H3,(H,27,31). The number of aromatic nitrogens is 2. The van der Waals surface area contributed by atoms with Crippen LogP contribution in [-0.4, -0.2) is 37.8 Å². The number of rotatable bonds is 6. The Morgan fingerprint density at radius 1 is 1.06 bits per heavy atom. The van der Waals surface area contributed by atoms with E-state index in [4.69, 9.17) is 12.2 Å². The fraction of sp³-hybridized carbons (Fsp3) is 0.360. The smallest absolute Gasteiger partial charge is 0.170 e. The number of pyridine rings is 1. The minimum Gasteiger partial charge on any atom is -0.396 e. The summed E-state index contributed by atoms with van der Waals surface area (Å²) in [4.78, 5) is 6.84. The predicted molar refractivity (Wildman–Crippen MR) is 129 cm³/mol. The average molecular weight is 435 g/mol. The number of aryl methyl sites for hydroxylation is 3. The molecule has 1 aromatic carbocycles. The van der Waals surface area contributed by atoms with Gasteiger partial charge in [0.1, 0.15) is 0 Å². The summed E-state index contributed by atoms with van der Waals surface area (Å²) in [5.41, 5.74) is 8.37. The third-order valence-electron chi connectivity index (χ3n) is 6.21. The fourth-order valence-corrected chi connectivity index (χ4v) is 5.15. The first-order chi connectivity index (χ1) is 14.9. The van der Waals surface area contributed by atoms with E-state index in [0.29, 0.717) is 18.1 Å². The van der Waals surface area contributed by atoms with Crippen LogP contribution < -0.4 is 5.32 Å². The van der Waals surface area contributed by atoms with Gasteiger partial charge in [0, 0.05) is 30.7 Å². The second-order valence-corrected chi connectivity index (χ2v) is 8.69. The zero-order chi connectivity index (χ0) is 22.1. The number of aliphatic hydroxyl groups excluding tert-OH is 1. The molecule has 1 fully saturated rings. The molecule has 0 bridgehead atoms. The van der Waals surface area contributed by atoms with E-state index in [9.17, 15) is 5.11 Å². The maximum atomic E-state index is 9.46. The maximum absolute atomic E-state index is 9.46. The van der Waals surface area contributed by atoms with Crippen molar-refractivity contribution in [1.82, 2.24) is 19.8 Å². The van der Waals surface area contributed by atoms with E-state index in [1.165, 1.54) is 33.8 Å². The van der Waals surface area contributed by atoms with E-state index >= 15 is 0 Å². The van der Waals surface area contributed by atoms with Crippen LogP contribution in [0.3, 0.4) is 0 Å². The van der Waals surface area contributed by atoms with Gasteiger partial charge in [-0.05, 0) is 81.2 Å². The normalized spacial score (nSPS) is 18.5. The molecular formula is C25H30N4OS. The lowest BCUT2D eigenvalue weighted by Crippen LogP contribution is -2.31. The molecule has 31 heavy (non-hydrogen) atoms. The van der Waals surface area contributed by atoms with Crippen molar-refractivity contribution < 1.29 is 5.11 Å². The zero-order valence-corrected chi connectivity index (χ0v) is 19.4. The molecule has 1 aliphatic heterocycles. The number of aliphatic hydroxyl groups is 1. The third-order valence-corrected chi connectivity index (χ3v) is 6.56. The molecule has 1 aliphatic rings. The number of nitrogens with zero attached hydrogens (tertiary/aromatic N) is 3. The van der Waals surface area contributed by atoms with Crippen LogP contribution in [0.1, 0.15) is 52.3 Å². The first-order valence-corrected chi connectivity index (χ1v) is 11.2. The molecule has 0 radical (unpaired) electrons. The molecule has 2 atom stereocenters. The second kappa shape index (κ2) is 8.81. The van der Waals surface area contributed by atoms with Crippen molar-refractivity contribution in [2.75, 3.05) is 13.2 Å². The quantitative estimate of drug-likeness (QED) is 0.561. The fourth-order valence-electron chi connectivity index (χ4n) is 4.82. The van der Waals surface area contributed by atoms with E-state index < -0.39 is 0 Å². The number of benzene rings is 1. The number of thiocarbonyl (C=S) groups is 1. The molecule has 2 N–H and O–H groups in total. The molecule has 0 spiro atoms. The van der Waals surface area contributed by atoms with Gasteiger partial charge in [0.15, 0.2) is 5.11 Å². The van der Waals surface area contributed by atoms with Gasteiger partial charge in [-0.25, -0.2) is 0 Å². The van der Waals surface area contributed by atoms with Crippen LogP contribution in [0.5, 0.6) is 0 Å². The molecule has 5 nitrogen and oxygen atoms in total. The summed E-state index contributed by atoms with van der Waals surface area (Å²) in [6.07, 6.45) is 2.50. The largest absolute Gasteiger partial charge is 0.396 e. The van der Waals surface area contributed by atoms with Crippen LogP contribution in [0, 0.1) is 27.7 Å². The minimum absolute atomic E-state index is 0.0122. The third kappa shape index (κ3) is 3.86. The molecule has 2 unspecified atom stereocenters. The Kier molecular flexibility index (Phi) is 6.12. The topological polar surface area (TPSA) is 53.3 Å². The Morgan fingerprint density at radius 3 is 2.45 bits per heavy atom. The zero-order valence-electron chi connectivity index (χ0n) is 18.6. The van der Waals surface area contributed by atoms with Gasteiger partial charge < -0.3 is 19.9 Å². The lowest BCUT2D eigenvalue weighted by molar-refractivity contribution is 0.247. The van der Waals surface area contributed by atoms with Gasteiger partial charge in [0.2, 0.25) is 0 Å². The molecule has 0 amide bonds. The van der Waals surface area contributed by atoms with Crippen LogP contribution in [0.15, 0.2) is 48.7 Å². The van der Waals surface area contributed by atoms with Crippen LogP contribution in [0.25, 0.3) is 5.69 Å². The predicted octanol–water partition coefficient (Wildman–Crippen LogP) is 4.46. The molecule has 3 heterocycles. The number of para-hydroxylation sites is 1. The number of hydrogen-bond donors (Lipinski definition) is 2. The van der Waals surface area contributed by atoms with E-state index in [1.807, 2.05) is 24.4 Å². The Labute approximate surface area is 189 Å². The van der Waals surface area contributed by atoms with Crippen LogP contribution in [0.4, 0.5) is 0 Å². The Balaban J connectivity index is 1.86. The average Bonchev–Trinajstić information content (AvgIpc) is 3.23. The van der Waals surface area contributed by atoms with Crippen LogP contribution in [-0.2, 0) is 0 Å². The SMILES string of the molecule is Cc1cccc(C)c1-n1c(C)cc(C2C(c3ccccn3)NC(=S)N2CCCO)c1C. The number of hydrogen-bond acceptors (Lipinski definition) is 3. The summed E-state index contributed by atoms with van der Waals surface area (Å²) < 4.78 is 2.36. The minimum atomic E-state index is -0.0423. The lowest BCUT2D eigenvalue weighted by atomic mass is 9.96. The second-order valence-electron chi connectivity index (χ2n) is 8.30. The maximum Gasteiger partial charge on any atom is 0.170 e. The lowest BCUT2D eigenvalue weighted by Gasteiger charge is -2.28. The van der Waals surface area contributed by atoms with E-state index in [2.05, 4.69) is 71.7 Å². The summed E-state index contributed by atoms with van der Waals surface area (Å²) in [6, 6.07) is 14.7. The van der Waals surface area contributed by atoms with E-state index in [0.717, 1.165) is 5.69 Å². The molecule has 3 aromatic rings. The van der Waals surface area contributed by atoms with Crippen LogP contribution >= 0.6 is 12.2 Å². The van der Waals surface area contributed by atoms with Crippen molar-refractivity contribution in [1.29, 1.82) is 0 Å². The van der Waals surface area contributed by atoms with Crippen molar-refractivity contribution in [3.8, 4) is 5.69 Å². The molecule has 1 saturated heterocycles. The van der Waals surface area contributed by atoms with Gasteiger partial charge in [-0.2, -0.15) is 0 Å². The summed E-state index contributed by atoms with van der Waals surface area (Å²) in [6.45, 7) is 9.52. The highest BCUT2D eigenvalue weighted by Crippen LogP contribution is 2.41. The monoisotopic (exact) mass is 434 g/mol. The molecular weight excluding hydrogens is 404 g/mol. The molecule has 2 aromatic heterocycles. The number of nitrogens with one attached hydrogen (secondary N) is 1. The highest BCUT2D eigenvalue weighted by Gasteiger charge is 2.41. The van der Waals surface area contributed by atoms with Crippen molar-refractivity contribution >= 4 is 17.3 Å². The molecule has 0 saturated carbocycles. The van der Waals surface area contributed by atoms with Crippen molar-refractivity contribution in [3.63, 3.8) is 0 Å². The van der Waals surface area contributed by atoms with Gasteiger partial charge in [-0.1, -0.05) is 24.3 Å². The summed E-state index contributed by atoms with van der Waals surface area (Å²) in [5, 5.41) is 13.7. The van der Waals surface area contributed by atoms with Gasteiger partial charge >= 0.3 is 0 Å².